The first-order chi connectivity index (χ1) is 13.8. The van der Waals surface area contributed by atoms with Gasteiger partial charge in [-0.1, -0.05) is 11.6 Å². The summed E-state index contributed by atoms with van der Waals surface area (Å²) in [5.41, 5.74) is 1.69. The summed E-state index contributed by atoms with van der Waals surface area (Å²) in [5.74, 6) is -0.416. The number of ether oxygens (including phenoxy) is 1. The lowest BCUT2D eigenvalue weighted by molar-refractivity contribution is 0.0730. The highest BCUT2D eigenvalue weighted by Gasteiger charge is 2.29. The van der Waals surface area contributed by atoms with Crippen LogP contribution in [-0.2, 0) is 14.8 Å². The first kappa shape index (κ1) is 20.2. The normalized spacial score (nSPS) is 15.5. The molecule has 0 spiro atoms. The van der Waals surface area contributed by atoms with Crippen LogP contribution in [0.4, 0.5) is 5.69 Å². The minimum absolute atomic E-state index is 0.0783. The van der Waals surface area contributed by atoms with Gasteiger partial charge in [0.05, 0.1) is 33.5 Å². The number of thiazole rings is 1. The number of carbonyl (C=O) groups excluding carboxylic acids is 1. The highest BCUT2D eigenvalue weighted by Crippen LogP contribution is 2.28. The maximum atomic E-state index is 12.9. The molecule has 3 aromatic rings. The van der Waals surface area contributed by atoms with Crippen molar-refractivity contribution in [1.29, 1.82) is 0 Å². The van der Waals surface area contributed by atoms with Crippen molar-refractivity contribution in [3.63, 3.8) is 0 Å². The van der Waals surface area contributed by atoms with Crippen LogP contribution in [0.1, 0.15) is 15.4 Å². The molecule has 0 bridgehead atoms. The van der Waals surface area contributed by atoms with Crippen molar-refractivity contribution in [3.05, 3.63) is 52.0 Å². The summed E-state index contributed by atoms with van der Waals surface area (Å²) >= 11 is 7.70. The molecule has 0 radical (unpaired) electrons. The number of aryl methyl sites for hydroxylation is 1. The monoisotopic (exact) mass is 451 g/mol. The van der Waals surface area contributed by atoms with E-state index in [1.54, 1.807) is 6.07 Å². The minimum atomic E-state index is -3.81. The molecule has 1 aliphatic heterocycles. The second-order valence-electron chi connectivity index (χ2n) is 6.53. The van der Waals surface area contributed by atoms with E-state index in [2.05, 4.69) is 10.3 Å². The van der Waals surface area contributed by atoms with Crippen molar-refractivity contribution in [3.8, 4) is 0 Å². The predicted octanol–water partition coefficient (Wildman–Crippen LogP) is 3.53. The predicted molar refractivity (Wildman–Crippen MR) is 113 cm³/mol. The zero-order valence-electron chi connectivity index (χ0n) is 15.5. The molecule has 1 saturated heterocycles. The number of nitrogens with zero attached hydrogens (tertiary/aromatic N) is 2. The Balaban J connectivity index is 1.61. The Morgan fingerprint density at radius 1 is 1.21 bits per heavy atom. The standard InChI is InChI=1S/C19H18ClN3O4S2/c1-12-21-16-5-3-14(11-17(16)28-12)22-19(24)13-2-4-15(20)18(10-13)29(25,26)23-6-8-27-9-7-23/h2-5,10-11H,6-9H2,1H3,(H,22,24). The van der Waals surface area contributed by atoms with Gasteiger partial charge in [0, 0.05) is 24.3 Å². The lowest BCUT2D eigenvalue weighted by Gasteiger charge is -2.26. The van der Waals surface area contributed by atoms with Gasteiger partial charge in [0.2, 0.25) is 10.0 Å². The zero-order chi connectivity index (χ0) is 20.6. The molecule has 1 N–H and O–H groups in total. The Morgan fingerprint density at radius 2 is 1.97 bits per heavy atom. The molecule has 1 amide bonds. The first-order valence-electron chi connectivity index (χ1n) is 8.90. The van der Waals surface area contributed by atoms with E-state index in [4.69, 9.17) is 16.3 Å². The van der Waals surface area contributed by atoms with Crippen LogP contribution in [0.2, 0.25) is 5.02 Å². The molecule has 7 nitrogen and oxygen atoms in total. The summed E-state index contributed by atoms with van der Waals surface area (Å²) in [5, 5.41) is 3.83. The molecule has 0 saturated carbocycles. The Bertz CT molecular complexity index is 1190. The van der Waals surface area contributed by atoms with E-state index in [0.29, 0.717) is 18.9 Å². The fraction of sp³-hybridized carbons (Fsp3) is 0.263. The average Bonchev–Trinajstić information content (AvgIpc) is 3.08. The van der Waals surface area contributed by atoms with E-state index >= 15 is 0 Å². The number of nitrogens with one attached hydrogen (secondary N) is 1. The molecule has 1 aliphatic rings. The molecule has 1 fully saturated rings. The van der Waals surface area contributed by atoms with Gasteiger partial charge < -0.3 is 10.1 Å². The average molecular weight is 452 g/mol. The van der Waals surface area contributed by atoms with Crippen LogP contribution < -0.4 is 5.32 Å². The third-order valence-electron chi connectivity index (χ3n) is 4.53. The van der Waals surface area contributed by atoms with Gasteiger partial charge in [-0.05, 0) is 43.3 Å². The quantitative estimate of drug-likeness (QED) is 0.655. The number of sulfonamides is 1. The van der Waals surface area contributed by atoms with Crippen molar-refractivity contribution in [2.75, 3.05) is 31.6 Å². The van der Waals surface area contributed by atoms with E-state index in [9.17, 15) is 13.2 Å². The molecule has 0 aliphatic carbocycles. The zero-order valence-corrected chi connectivity index (χ0v) is 17.9. The van der Waals surface area contributed by atoms with Gasteiger partial charge >= 0.3 is 0 Å². The van der Waals surface area contributed by atoms with Crippen molar-refractivity contribution in [2.24, 2.45) is 0 Å². The van der Waals surface area contributed by atoms with Crippen molar-refractivity contribution in [1.82, 2.24) is 9.29 Å². The minimum Gasteiger partial charge on any atom is -0.379 e. The van der Waals surface area contributed by atoms with Gasteiger partial charge in [0.1, 0.15) is 4.90 Å². The van der Waals surface area contributed by atoms with Crippen molar-refractivity contribution in [2.45, 2.75) is 11.8 Å². The lowest BCUT2D eigenvalue weighted by Crippen LogP contribution is -2.40. The van der Waals surface area contributed by atoms with Gasteiger partial charge in [-0.3, -0.25) is 4.79 Å². The van der Waals surface area contributed by atoms with Gasteiger partial charge in [0.15, 0.2) is 0 Å². The van der Waals surface area contributed by atoms with Crippen LogP contribution >= 0.6 is 22.9 Å². The molecule has 10 heteroatoms. The number of morpholine rings is 1. The Hall–Kier alpha value is -2.04. The summed E-state index contributed by atoms with van der Waals surface area (Å²) < 4.78 is 33.4. The smallest absolute Gasteiger partial charge is 0.255 e. The first-order valence-corrected chi connectivity index (χ1v) is 11.5. The number of hydrogen-bond acceptors (Lipinski definition) is 6. The Labute approximate surface area is 177 Å². The maximum Gasteiger partial charge on any atom is 0.255 e. The SMILES string of the molecule is Cc1nc2ccc(NC(=O)c3ccc(Cl)c(S(=O)(=O)N4CCOCC4)c3)cc2s1. The number of hydrogen-bond donors (Lipinski definition) is 1. The summed E-state index contributed by atoms with van der Waals surface area (Å²) in [7, 11) is -3.81. The van der Waals surface area contributed by atoms with E-state index in [1.165, 1.54) is 33.8 Å². The van der Waals surface area contributed by atoms with E-state index in [-0.39, 0.29) is 28.6 Å². The highest BCUT2D eigenvalue weighted by atomic mass is 35.5. The van der Waals surface area contributed by atoms with Crippen LogP contribution in [-0.4, -0.2) is 49.9 Å². The van der Waals surface area contributed by atoms with Crippen LogP contribution in [0, 0.1) is 6.92 Å². The number of anilines is 1. The molecule has 29 heavy (non-hydrogen) atoms. The second-order valence-corrected chi connectivity index (χ2v) is 10.1. The highest BCUT2D eigenvalue weighted by molar-refractivity contribution is 7.89. The van der Waals surface area contributed by atoms with Crippen LogP contribution in [0.3, 0.4) is 0 Å². The molecule has 1 aromatic heterocycles. The van der Waals surface area contributed by atoms with Crippen molar-refractivity contribution < 1.29 is 17.9 Å². The third-order valence-corrected chi connectivity index (χ3v) is 7.85. The van der Waals surface area contributed by atoms with Gasteiger partial charge in [-0.25, -0.2) is 13.4 Å². The fourth-order valence-electron chi connectivity index (χ4n) is 3.09. The number of benzene rings is 2. The number of rotatable bonds is 4. The largest absolute Gasteiger partial charge is 0.379 e. The fourth-order valence-corrected chi connectivity index (χ4v) is 5.86. The molecule has 2 heterocycles. The van der Waals surface area contributed by atoms with E-state index in [1.807, 2.05) is 19.1 Å². The molecule has 0 atom stereocenters. The number of halogens is 1. The summed E-state index contributed by atoms with van der Waals surface area (Å²) in [6, 6.07) is 9.70. The molecule has 2 aromatic carbocycles. The van der Waals surface area contributed by atoms with Crippen LogP contribution in [0.5, 0.6) is 0 Å². The summed E-state index contributed by atoms with van der Waals surface area (Å²) in [4.78, 5) is 17.0. The lowest BCUT2D eigenvalue weighted by atomic mass is 10.2. The van der Waals surface area contributed by atoms with Gasteiger partial charge in [-0.15, -0.1) is 11.3 Å². The maximum absolute atomic E-state index is 12.9. The molecule has 4 rings (SSSR count). The summed E-state index contributed by atoms with van der Waals surface area (Å²) in [6.45, 7) is 3.09. The number of aromatic nitrogens is 1. The molecular weight excluding hydrogens is 434 g/mol. The Kier molecular flexibility index (Phi) is 5.58. The topological polar surface area (TPSA) is 88.6 Å². The van der Waals surface area contributed by atoms with E-state index in [0.717, 1.165) is 15.2 Å². The summed E-state index contributed by atoms with van der Waals surface area (Å²) in [6.07, 6.45) is 0. The molecule has 152 valence electrons. The second kappa shape index (κ2) is 8.00. The third kappa shape index (κ3) is 4.15. The number of carbonyl (C=O) groups is 1. The van der Waals surface area contributed by atoms with Gasteiger partial charge in [-0.2, -0.15) is 4.31 Å². The van der Waals surface area contributed by atoms with E-state index < -0.39 is 15.9 Å². The molecule has 0 unspecified atom stereocenters. The molecular formula is C19H18ClN3O4S2. The van der Waals surface area contributed by atoms with Crippen molar-refractivity contribution >= 4 is 54.8 Å². The van der Waals surface area contributed by atoms with Crippen LogP contribution in [0.25, 0.3) is 10.2 Å². The van der Waals surface area contributed by atoms with Crippen LogP contribution in [0.15, 0.2) is 41.3 Å². The number of amides is 1. The number of fused-ring (bicyclic) bond motifs is 1. The van der Waals surface area contributed by atoms with Gasteiger partial charge in [0.25, 0.3) is 5.91 Å². The Morgan fingerprint density at radius 3 is 2.72 bits per heavy atom.